The van der Waals surface area contributed by atoms with Crippen LogP contribution in [0, 0.1) is 0 Å². The Balaban J connectivity index is 1.36. The molecule has 0 heterocycles. The van der Waals surface area contributed by atoms with Gasteiger partial charge in [0.1, 0.15) is 0 Å². The third-order valence-electron chi connectivity index (χ3n) is 10.1. The highest BCUT2D eigenvalue weighted by Crippen LogP contribution is 2.41. The van der Waals surface area contributed by atoms with E-state index in [0.717, 1.165) is 22.8 Å². The first-order valence-electron chi connectivity index (χ1n) is 16.7. The van der Waals surface area contributed by atoms with Gasteiger partial charge in [0.05, 0.1) is 22.8 Å². The van der Waals surface area contributed by atoms with Gasteiger partial charge >= 0.3 is 0 Å². The number of benzene rings is 4. The van der Waals surface area contributed by atoms with E-state index in [-0.39, 0.29) is 0 Å². The zero-order chi connectivity index (χ0) is 28.1. The van der Waals surface area contributed by atoms with Crippen LogP contribution in [0.25, 0.3) is 10.8 Å². The van der Waals surface area contributed by atoms with Crippen molar-refractivity contribution in [1.82, 2.24) is 0 Å². The number of aliphatic imine (C=N–C) groups is 2. The van der Waals surface area contributed by atoms with Crippen LogP contribution in [0.3, 0.4) is 0 Å². The maximum atomic E-state index is 5.56. The molecule has 2 nitrogen and oxygen atoms in total. The second-order valence-electron chi connectivity index (χ2n) is 12.8. The topological polar surface area (TPSA) is 24.7 Å². The Hall–Kier alpha value is -3.52. The van der Waals surface area contributed by atoms with Gasteiger partial charge in [0, 0.05) is 16.5 Å². The molecule has 214 valence electrons. The molecule has 0 N–H and O–H groups in total. The highest BCUT2D eigenvalue weighted by Gasteiger charge is 2.29. The molecule has 0 atom stereocenters. The maximum absolute atomic E-state index is 5.56. The van der Waals surface area contributed by atoms with E-state index in [2.05, 4.69) is 84.9 Å². The molecule has 0 bridgehead atoms. The minimum absolute atomic E-state index is 0.589. The fraction of sp³-hybridized carbons (Fsp3) is 0.400. The van der Waals surface area contributed by atoms with Crippen LogP contribution in [0.15, 0.2) is 94.9 Å². The van der Waals surface area contributed by atoms with Gasteiger partial charge in [0.15, 0.2) is 0 Å². The van der Waals surface area contributed by atoms with Gasteiger partial charge in [0.25, 0.3) is 0 Å². The first-order chi connectivity index (χ1) is 20.9. The van der Waals surface area contributed by atoms with E-state index in [9.17, 15) is 0 Å². The van der Waals surface area contributed by atoms with Crippen molar-refractivity contribution in [1.29, 1.82) is 0 Å². The molecule has 2 saturated carbocycles. The minimum atomic E-state index is 0.589. The van der Waals surface area contributed by atoms with Gasteiger partial charge in [-0.25, -0.2) is 9.98 Å². The maximum Gasteiger partial charge on any atom is 0.0978 e. The first kappa shape index (κ1) is 27.3. The molecular formula is C40H44N2. The van der Waals surface area contributed by atoms with E-state index in [4.69, 9.17) is 9.98 Å². The summed E-state index contributed by atoms with van der Waals surface area (Å²) < 4.78 is 0. The molecular weight excluding hydrogens is 508 g/mol. The zero-order valence-corrected chi connectivity index (χ0v) is 25.0. The van der Waals surface area contributed by atoms with Crippen molar-refractivity contribution < 1.29 is 0 Å². The molecule has 4 aromatic rings. The van der Waals surface area contributed by atoms with Crippen LogP contribution in [0.4, 0.5) is 11.4 Å². The van der Waals surface area contributed by atoms with Crippen molar-refractivity contribution in [3.63, 3.8) is 0 Å². The average Bonchev–Trinajstić information content (AvgIpc) is 3.27. The SMILES string of the molecule is c1ccc(C2CCCCCCC2)c(N=C2C(=Nc3ccccc3C3CCCCCCC3)c3cccc4cccc2c34)c1. The van der Waals surface area contributed by atoms with Crippen molar-refractivity contribution in [3.8, 4) is 0 Å². The van der Waals surface area contributed by atoms with E-state index in [1.165, 1.54) is 123 Å². The van der Waals surface area contributed by atoms with Crippen LogP contribution >= 0.6 is 0 Å². The third kappa shape index (κ3) is 5.61. The highest BCUT2D eigenvalue weighted by molar-refractivity contribution is 6.61. The van der Waals surface area contributed by atoms with Crippen LogP contribution in [0.1, 0.15) is 124 Å². The number of para-hydroxylation sites is 2. The number of nitrogens with zero attached hydrogens (tertiary/aromatic N) is 2. The number of rotatable bonds is 4. The van der Waals surface area contributed by atoms with Crippen LogP contribution in [-0.4, -0.2) is 11.4 Å². The first-order valence-corrected chi connectivity index (χ1v) is 16.7. The molecule has 0 unspecified atom stereocenters. The Kier molecular flexibility index (Phi) is 8.31. The lowest BCUT2D eigenvalue weighted by molar-refractivity contribution is 0.456. The molecule has 7 rings (SSSR count). The van der Waals surface area contributed by atoms with E-state index in [1.807, 2.05) is 0 Å². The van der Waals surface area contributed by atoms with Crippen LogP contribution in [0.2, 0.25) is 0 Å². The largest absolute Gasteiger partial charge is 0.246 e. The van der Waals surface area contributed by atoms with E-state index in [1.54, 1.807) is 0 Å². The molecule has 0 radical (unpaired) electrons. The molecule has 2 heteroatoms. The Bertz CT molecular complexity index is 1480. The molecule has 3 aliphatic rings. The highest BCUT2D eigenvalue weighted by atomic mass is 14.8. The molecule has 42 heavy (non-hydrogen) atoms. The predicted octanol–water partition coefficient (Wildman–Crippen LogP) is 11.8. The monoisotopic (exact) mass is 552 g/mol. The summed E-state index contributed by atoms with van der Waals surface area (Å²) in [5, 5.41) is 2.56. The van der Waals surface area contributed by atoms with Crippen LogP contribution in [-0.2, 0) is 0 Å². The molecule has 3 aliphatic carbocycles. The zero-order valence-electron chi connectivity index (χ0n) is 25.0. The average molecular weight is 553 g/mol. The Morgan fingerprint density at radius 3 is 1.26 bits per heavy atom. The predicted molar refractivity (Wildman–Crippen MR) is 179 cm³/mol. The molecule has 0 amide bonds. The molecule has 0 spiro atoms. The summed E-state index contributed by atoms with van der Waals surface area (Å²) in [5.41, 5.74) is 9.61. The molecule has 0 aliphatic heterocycles. The van der Waals surface area contributed by atoms with Crippen molar-refractivity contribution in [2.24, 2.45) is 9.98 Å². The van der Waals surface area contributed by atoms with Gasteiger partial charge in [-0.05, 0) is 66.2 Å². The molecule has 4 aromatic carbocycles. The summed E-state index contributed by atoms with van der Waals surface area (Å²) in [6, 6.07) is 31.2. The van der Waals surface area contributed by atoms with Gasteiger partial charge in [-0.1, -0.05) is 137 Å². The van der Waals surface area contributed by atoms with E-state index < -0.39 is 0 Å². The van der Waals surface area contributed by atoms with Gasteiger partial charge < -0.3 is 0 Å². The van der Waals surface area contributed by atoms with Crippen LogP contribution in [0.5, 0.6) is 0 Å². The lowest BCUT2D eigenvalue weighted by atomic mass is 9.85. The number of hydrogen-bond donors (Lipinski definition) is 0. The second kappa shape index (κ2) is 12.8. The molecule has 0 saturated heterocycles. The smallest absolute Gasteiger partial charge is 0.0978 e. The Morgan fingerprint density at radius 2 is 0.810 bits per heavy atom. The van der Waals surface area contributed by atoms with Gasteiger partial charge in [0.2, 0.25) is 0 Å². The van der Waals surface area contributed by atoms with E-state index >= 15 is 0 Å². The Labute approximate surface area is 252 Å². The normalized spacial score (nSPS) is 20.9. The van der Waals surface area contributed by atoms with Crippen molar-refractivity contribution >= 4 is 33.6 Å². The molecule has 0 aromatic heterocycles. The molecule has 2 fully saturated rings. The fourth-order valence-electron chi connectivity index (χ4n) is 7.86. The van der Waals surface area contributed by atoms with E-state index in [0.29, 0.717) is 11.8 Å². The lowest BCUT2D eigenvalue weighted by Gasteiger charge is -2.22. The quantitative estimate of drug-likeness (QED) is 0.240. The summed E-state index contributed by atoms with van der Waals surface area (Å²) in [4.78, 5) is 11.1. The minimum Gasteiger partial charge on any atom is -0.246 e. The number of hydrogen-bond acceptors (Lipinski definition) is 2. The van der Waals surface area contributed by atoms with Gasteiger partial charge in [-0.2, -0.15) is 0 Å². The summed E-state index contributed by atoms with van der Waals surface area (Å²) in [6.45, 7) is 0. The summed E-state index contributed by atoms with van der Waals surface area (Å²) in [5.74, 6) is 1.18. The summed E-state index contributed by atoms with van der Waals surface area (Å²) in [6.07, 6.45) is 18.6. The van der Waals surface area contributed by atoms with Crippen molar-refractivity contribution in [2.75, 3.05) is 0 Å². The Morgan fingerprint density at radius 1 is 0.405 bits per heavy atom. The van der Waals surface area contributed by atoms with Crippen molar-refractivity contribution in [2.45, 2.75) is 102 Å². The summed E-state index contributed by atoms with van der Waals surface area (Å²) >= 11 is 0. The van der Waals surface area contributed by atoms with Gasteiger partial charge in [-0.15, -0.1) is 0 Å². The fourth-order valence-corrected chi connectivity index (χ4v) is 7.86. The van der Waals surface area contributed by atoms with Crippen LogP contribution < -0.4 is 0 Å². The standard InChI is InChI=1S/C40H44N2/c1-3-7-17-29(18-8-4-1)32-23-11-13-27-36(32)41-39-34-25-15-21-31-22-16-26-35(38(31)34)40(39)42-37-28-14-12-24-33(37)30-19-9-5-2-6-10-20-30/h11-16,21-30H,1-10,17-20H2. The van der Waals surface area contributed by atoms with Crippen molar-refractivity contribution in [3.05, 3.63) is 107 Å². The third-order valence-corrected chi connectivity index (χ3v) is 10.1. The second-order valence-corrected chi connectivity index (χ2v) is 12.8. The summed E-state index contributed by atoms with van der Waals surface area (Å²) in [7, 11) is 0. The lowest BCUT2D eigenvalue weighted by Crippen LogP contribution is -2.11. The van der Waals surface area contributed by atoms with Gasteiger partial charge in [-0.3, -0.25) is 0 Å².